The molecule has 0 radical (unpaired) electrons. The molecule has 0 spiro atoms. The molecule has 1 saturated carbocycles. The summed E-state index contributed by atoms with van der Waals surface area (Å²) in [6, 6.07) is 75.8. The topological polar surface area (TPSA) is 55.7 Å². The lowest BCUT2D eigenvalue weighted by Crippen LogP contribution is -2.30. The molecule has 1 aromatic heterocycles. The van der Waals surface area contributed by atoms with E-state index < -0.39 is 7.14 Å². The molecule has 0 aliphatic heterocycles. The zero-order valence-electron chi connectivity index (χ0n) is 35.5. The summed E-state index contributed by atoms with van der Waals surface area (Å²) in [7, 11) is -3.04. The Balaban J connectivity index is 0.940. The van der Waals surface area contributed by atoms with Crippen LogP contribution in [0.3, 0.4) is 0 Å². The minimum Gasteiger partial charge on any atom is -0.309 e. The van der Waals surface area contributed by atoms with Gasteiger partial charge in [-0.15, -0.1) is 0 Å². The van der Waals surface area contributed by atoms with Gasteiger partial charge in [-0.25, -0.2) is 15.0 Å². The number of hydrogen-bond donors (Lipinski definition) is 0. The highest BCUT2D eigenvalue weighted by molar-refractivity contribution is 7.85. The second-order valence-electron chi connectivity index (χ2n) is 17.0. The smallest absolute Gasteiger partial charge is 0.171 e. The number of aromatic nitrogens is 3. The van der Waals surface area contributed by atoms with Gasteiger partial charge in [0.15, 0.2) is 24.6 Å². The first-order valence-electron chi connectivity index (χ1n) is 22.3. The summed E-state index contributed by atoms with van der Waals surface area (Å²) in [4.78, 5) is 15.6. The van der Waals surface area contributed by atoms with Crippen molar-refractivity contribution in [2.75, 3.05) is 0 Å². The molecule has 64 heavy (non-hydrogen) atoms. The molecular weight excluding hydrogens is 798 g/mol. The zero-order valence-corrected chi connectivity index (χ0v) is 36.4. The Labute approximate surface area is 374 Å². The van der Waals surface area contributed by atoms with Crippen LogP contribution >= 0.6 is 7.14 Å². The second-order valence-corrected chi connectivity index (χ2v) is 19.8. The van der Waals surface area contributed by atoms with E-state index >= 15 is 0 Å². The van der Waals surface area contributed by atoms with Gasteiger partial charge in [0, 0.05) is 38.0 Å². The van der Waals surface area contributed by atoms with Crippen molar-refractivity contribution in [3.8, 4) is 45.3 Å². The van der Waals surface area contributed by atoms with Crippen molar-refractivity contribution in [1.82, 2.24) is 15.0 Å². The summed E-state index contributed by atoms with van der Waals surface area (Å²) >= 11 is 0. The largest absolute Gasteiger partial charge is 0.309 e. The van der Waals surface area contributed by atoms with Crippen molar-refractivity contribution < 1.29 is 4.57 Å². The Morgan fingerprint density at radius 1 is 0.359 bits per heavy atom. The Morgan fingerprint density at radius 3 is 1.27 bits per heavy atom. The van der Waals surface area contributed by atoms with E-state index in [1.54, 1.807) is 0 Å². The number of rotatable bonds is 9. The molecule has 0 bridgehead atoms. The van der Waals surface area contributed by atoms with E-state index in [-0.39, 0.29) is 5.41 Å². The lowest BCUT2D eigenvalue weighted by atomic mass is 9.65. The third-order valence-corrected chi connectivity index (χ3v) is 16.4. The van der Waals surface area contributed by atoms with Gasteiger partial charge in [-0.2, -0.15) is 0 Å². The fraction of sp³-hybridized carbons (Fsp3) is 0.102. The third-order valence-electron chi connectivity index (χ3n) is 13.3. The molecule has 0 amide bonds. The van der Waals surface area contributed by atoms with Crippen LogP contribution in [-0.4, -0.2) is 15.0 Å². The van der Waals surface area contributed by atoms with Crippen LogP contribution in [0.25, 0.3) is 66.8 Å². The number of nitrogens with zero attached hydrogens (tertiary/aromatic N) is 3. The Bertz CT molecular complexity index is 3200. The molecule has 1 aliphatic rings. The molecule has 308 valence electrons. The summed E-state index contributed by atoms with van der Waals surface area (Å²) < 4.78 is 15.0. The van der Waals surface area contributed by atoms with Gasteiger partial charge in [-0.3, -0.25) is 0 Å². The fourth-order valence-electron chi connectivity index (χ4n) is 9.99. The molecule has 0 N–H and O–H groups in total. The lowest BCUT2D eigenvalue weighted by Gasteiger charge is -2.39. The highest BCUT2D eigenvalue weighted by Crippen LogP contribution is 2.47. The Hall–Kier alpha value is -7.26. The van der Waals surface area contributed by atoms with E-state index in [2.05, 4.69) is 140 Å². The first kappa shape index (κ1) is 39.6. The minimum atomic E-state index is -3.04. The summed E-state index contributed by atoms with van der Waals surface area (Å²) in [6.45, 7) is 0. The van der Waals surface area contributed by atoms with Gasteiger partial charge in [0.2, 0.25) is 0 Å². The predicted octanol–water partition coefficient (Wildman–Crippen LogP) is 13.7. The van der Waals surface area contributed by atoms with Crippen molar-refractivity contribution in [1.29, 1.82) is 0 Å². The van der Waals surface area contributed by atoms with Gasteiger partial charge in [-0.05, 0) is 62.7 Å². The summed E-state index contributed by atoms with van der Waals surface area (Å²) in [5, 5.41) is 7.06. The van der Waals surface area contributed by atoms with E-state index in [9.17, 15) is 4.57 Å². The maximum absolute atomic E-state index is 15.0. The average molecular weight is 844 g/mol. The number of benzene rings is 9. The van der Waals surface area contributed by atoms with E-state index in [4.69, 9.17) is 15.0 Å². The van der Waals surface area contributed by atoms with E-state index in [0.29, 0.717) is 17.5 Å². The normalized spacial score (nSPS) is 13.8. The van der Waals surface area contributed by atoms with Crippen LogP contribution < -0.4 is 15.9 Å². The highest BCUT2D eigenvalue weighted by atomic mass is 31.2. The first-order chi connectivity index (χ1) is 31.6. The molecule has 4 nitrogen and oxygen atoms in total. The van der Waals surface area contributed by atoms with Crippen LogP contribution in [0.5, 0.6) is 0 Å². The Kier molecular flexibility index (Phi) is 10.4. The summed E-state index contributed by atoms with van der Waals surface area (Å²) in [5.74, 6) is 1.98. The van der Waals surface area contributed by atoms with Crippen molar-refractivity contribution in [2.45, 2.75) is 37.5 Å². The van der Waals surface area contributed by atoms with Crippen molar-refractivity contribution in [3.05, 3.63) is 230 Å². The van der Waals surface area contributed by atoms with Crippen LogP contribution in [-0.2, 0) is 9.98 Å². The molecule has 11 rings (SSSR count). The SMILES string of the molecule is O=P(c1ccccc1)(c1ccccc1)c1ccc(-c2ccc(C3(c4ccc(-c5nc(-c6ccccc6)nc(-c6c7ccccc7cc7ccccc67)n5)cc4)CCCCC3)cc2)cc1. The first-order valence-corrected chi connectivity index (χ1v) is 24.0. The standard InChI is InChI=1S/C59H46N3OP/c63-64(50-21-7-2-8-22-50,51-23-9-3-10-24-51)52-37-31-43(32-38-52)42-27-33-48(34-28-42)59(39-15-4-16-40-59)49-35-29-45(30-36-49)57-60-56(44-17-5-1-6-18-44)61-58(62-57)55-53-25-13-11-19-46(53)41-47-20-12-14-26-54(47)55/h1-3,5-14,17-38,41H,4,15-16,39-40H2. The molecule has 0 atom stereocenters. The van der Waals surface area contributed by atoms with Gasteiger partial charge in [0.1, 0.15) is 0 Å². The molecule has 0 saturated heterocycles. The highest BCUT2D eigenvalue weighted by Gasteiger charge is 2.36. The molecule has 10 aromatic rings. The molecular formula is C59H46N3OP. The van der Waals surface area contributed by atoms with Crippen LogP contribution in [0.4, 0.5) is 0 Å². The third kappa shape index (κ3) is 7.15. The maximum Gasteiger partial charge on any atom is 0.171 e. The second kappa shape index (κ2) is 16.8. The molecule has 0 unspecified atom stereocenters. The van der Waals surface area contributed by atoms with Gasteiger partial charge in [0.05, 0.1) is 0 Å². The molecule has 9 aromatic carbocycles. The van der Waals surface area contributed by atoms with Crippen molar-refractivity contribution in [3.63, 3.8) is 0 Å². The van der Waals surface area contributed by atoms with Gasteiger partial charge < -0.3 is 4.57 Å². The van der Waals surface area contributed by atoms with Crippen LogP contribution in [0.15, 0.2) is 218 Å². The lowest BCUT2D eigenvalue weighted by molar-refractivity contribution is 0.346. The molecule has 1 fully saturated rings. The monoisotopic (exact) mass is 843 g/mol. The molecule has 1 heterocycles. The molecule has 1 aliphatic carbocycles. The Morgan fingerprint density at radius 2 is 0.750 bits per heavy atom. The average Bonchev–Trinajstić information content (AvgIpc) is 3.38. The van der Waals surface area contributed by atoms with Crippen LogP contribution in [0.2, 0.25) is 0 Å². The molecule has 5 heteroatoms. The van der Waals surface area contributed by atoms with Crippen molar-refractivity contribution >= 4 is 44.6 Å². The number of hydrogen-bond acceptors (Lipinski definition) is 4. The van der Waals surface area contributed by atoms with Crippen LogP contribution in [0.1, 0.15) is 43.2 Å². The maximum atomic E-state index is 15.0. The van der Waals surface area contributed by atoms with Gasteiger partial charge in [-0.1, -0.05) is 232 Å². The van der Waals surface area contributed by atoms with E-state index in [1.165, 1.54) is 30.4 Å². The zero-order chi connectivity index (χ0) is 42.9. The minimum absolute atomic E-state index is 0.0987. The van der Waals surface area contributed by atoms with Crippen LogP contribution in [0, 0.1) is 0 Å². The van der Waals surface area contributed by atoms with E-state index in [1.807, 2.05) is 78.9 Å². The number of fused-ring (bicyclic) bond motifs is 2. The van der Waals surface area contributed by atoms with E-state index in [0.717, 1.165) is 78.1 Å². The fourth-order valence-corrected chi connectivity index (χ4v) is 12.6. The van der Waals surface area contributed by atoms with Gasteiger partial charge >= 0.3 is 0 Å². The van der Waals surface area contributed by atoms with Crippen molar-refractivity contribution in [2.24, 2.45) is 0 Å². The summed E-state index contributed by atoms with van der Waals surface area (Å²) in [5.41, 5.74) is 7.75. The predicted molar refractivity (Wildman–Crippen MR) is 266 cm³/mol. The quantitative estimate of drug-likeness (QED) is 0.107. The summed E-state index contributed by atoms with van der Waals surface area (Å²) in [6.07, 6.45) is 5.81. The van der Waals surface area contributed by atoms with Gasteiger partial charge in [0.25, 0.3) is 0 Å².